The Bertz CT molecular complexity index is 741. The molecule has 0 bridgehead atoms. The van der Waals surface area contributed by atoms with Gasteiger partial charge in [-0.05, 0) is 36.2 Å². The number of hydrogen-bond acceptors (Lipinski definition) is 4. The average Bonchev–Trinajstić information content (AvgIpc) is 2.63. The van der Waals surface area contributed by atoms with Crippen LogP contribution in [0.15, 0.2) is 34.8 Å². The van der Waals surface area contributed by atoms with Crippen LogP contribution < -0.4 is 14.8 Å². The molecule has 2 aromatic carbocycles. The van der Waals surface area contributed by atoms with Crippen molar-refractivity contribution < 1.29 is 19.0 Å². The Kier molecular flexibility index (Phi) is 8.15. The monoisotopic (exact) mass is 445 g/mol. The number of methoxy groups -OCH3 is 1. The number of halogens is 3. The lowest BCUT2D eigenvalue weighted by Crippen LogP contribution is -2.31. The van der Waals surface area contributed by atoms with Gasteiger partial charge in [-0.3, -0.25) is 0 Å². The van der Waals surface area contributed by atoms with Crippen molar-refractivity contribution in [2.24, 2.45) is 0 Å². The summed E-state index contributed by atoms with van der Waals surface area (Å²) in [5, 5.41) is 12.9. The van der Waals surface area contributed by atoms with Crippen molar-refractivity contribution in [3.05, 3.63) is 56.8 Å². The van der Waals surface area contributed by atoms with Gasteiger partial charge in [0.05, 0.1) is 18.7 Å². The van der Waals surface area contributed by atoms with Crippen LogP contribution in [-0.2, 0) is 13.2 Å². The van der Waals surface area contributed by atoms with E-state index in [-0.39, 0.29) is 25.1 Å². The number of benzene rings is 2. The van der Waals surface area contributed by atoms with Gasteiger partial charge in [-0.1, -0.05) is 40.5 Å². The molecule has 2 rings (SSSR count). The smallest absolute Gasteiger partial charge is 0.162 e. The summed E-state index contributed by atoms with van der Waals surface area (Å²) in [7, 11) is 1.57. The maximum absolute atomic E-state index is 13.1. The highest BCUT2D eigenvalue weighted by Crippen LogP contribution is 2.34. The van der Waals surface area contributed by atoms with Gasteiger partial charge in [0.15, 0.2) is 11.5 Å². The molecular formula is C19H22BrClFNO3. The number of hydrogen-bond donors (Lipinski definition) is 2. The summed E-state index contributed by atoms with van der Waals surface area (Å²) in [6, 6.07) is 7.95. The van der Waals surface area contributed by atoms with Crippen molar-refractivity contribution in [2.75, 3.05) is 13.7 Å². The third-order valence-corrected chi connectivity index (χ3v) is 5.12. The summed E-state index contributed by atoms with van der Waals surface area (Å²) in [4.78, 5) is 0. The molecule has 0 radical (unpaired) electrons. The predicted octanol–water partition coefficient (Wildman–Crippen LogP) is 4.69. The number of ether oxygens (including phenoxy) is 2. The van der Waals surface area contributed by atoms with E-state index >= 15 is 0 Å². The van der Waals surface area contributed by atoms with Crippen molar-refractivity contribution in [3.63, 3.8) is 0 Å². The van der Waals surface area contributed by atoms with Crippen LogP contribution in [0.4, 0.5) is 4.39 Å². The molecule has 2 aromatic rings. The average molecular weight is 447 g/mol. The summed E-state index contributed by atoms with van der Waals surface area (Å²) in [5.74, 6) is 0.752. The van der Waals surface area contributed by atoms with Crippen molar-refractivity contribution in [2.45, 2.75) is 32.5 Å². The minimum absolute atomic E-state index is 0.0458. The molecule has 0 fully saturated rings. The summed E-state index contributed by atoms with van der Waals surface area (Å²) in [5.41, 5.74) is 1.67. The van der Waals surface area contributed by atoms with Crippen molar-refractivity contribution in [1.29, 1.82) is 0 Å². The second-order valence-electron chi connectivity index (χ2n) is 5.79. The second-order valence-corrected chi connectivity index (χ2v) is 7.05. The number of nitrogens with one attached hydrogen (secondary N) is 1. The largest absolute Gasteiger partial charge is 0.493 e. The molecule has 4 nitrogen and oxygen atoms in total. The van der Waals surface area contributed by atoms with E-state index in [1.165, 1.54) is 12.1 Å². The first kappa shape index (κ1) is 21.0. The predicted molar refractivity (Wildman–Crippen MR) is 104 cm³/mol. The first-order valence-corrected chi connectivity index (χ1v) is 9.42. The maximum atomic E-state index is 13.1. The Hall–Kier alpha value is -1.34. The van der Waals surface area contributed by atoms with Gasteiger partial charge < -0.3 is 19.9 Å². The summed E-state index contributed by atoms with van der Waals surface area (Å²) < 4.78 is 25.2. The highest BCUT2D eigenvalue weighted by atomic mass is 79.9. The van der Waals surface area contributed by atoms with E-state index in [4.69, 9.17) is 21.1 Å². The topological polar surface area (TPSA) is 50.7 Å². The lowest BCUT2D eigenvalue weighted by molar-refractivity contribution is 0.238. The van der Waals surface area contributed by atoms with Gasteiger partial charge in [0.2, 0.25) is 0 Å². The van der Waals surface area contributed by atoms with Gasteiger partial charge in [-0.15, -0.1) is 0 Å². The van der Waals surface area contributed by atoms with Crippen LogP contribution in [0.3, 0.4) is 0 Å². The van der Waals surface area contributed by atoms with Crippen molar-refractivity contribution >= 4 is 27.5 Å². The van der Waals surface area contributed by atoms with Crippen LogP contribution in [0.1, 0.15) is 24.5 Å². The zero-order valence-corrected chi connectivity index (χ0v) is 17.0. The van der Waals surface area contributed by atoms with Gasteiger partial charge in [0.25, 0.3) is 0 Å². The Morgan fingerprint density at radius 1 is 1.23 bits per heavy atom. The molecule has 0 aliphatic carbocycles. The zero-order chi connectivity index (χ0) is 19.1. The molecule has 0 saturated carbocycles. The first-order chi connectivity index (χ1) is 12.5. The third-order valence-electron chi connectivity index (χ3n) is 4.03. The second kappa shape index (κ2) is 10.1. The fourth-order valence-electron chi connectivity index (χ4n) is 2.37. The van der Waals surface area contributed by atoms with Crippen LogP contribution in [-0.4, -0.2) is 24.9 Å². The molecule has 0 saturated heterocycles. The van der Waals surface area contributed by atoms with Gasteiger partial charge >= 0.3 is 0 Å². The van der Waals surface area contributed by atoms with Gasteiger partial charge in [-0.2, -0.15) is 0 Å². The minimum atomic E-state index is -0.385. The van der Waals surface area contributed by atoms with E-state index in [9.17, 15) is 9.50 Å². The van der Waals surface area contributed by atoms with Gasteiger partial charge in [0.1, 0.15) is 12.4 Å². The van der Waals surface area contributed by atoms with Gasteiger partial charge in [0, 0.05) is 22.6 Å². The lowest BCUT2D eigenvalue weighted by atomic mass is 10.1. The van der Waals surface area contributed by atoms with Crippen LogP contribution >= 0.6 is 27.5 Å². The molecule has 0 aliphatic heterocycles. The normalized spacial score (nSPS) is 12.1. The van der Waals surface area contributed by atoms with Crippen molar-refractivity contribution in [1.82, 2.24) is 5.32 Å². The molecule has 142 valence electrons. The molecular weight excluding hydrogens is 425 g/mol. The molecule has 1 atom stereocenters. The molecule has 2 N–H and O–H groups in total. The molecule has 0 amide bonds. The SMILES string of the molecule is CCC(CO)NCc1cc(OC)c(OCc2ccc(F)cc2Cl)cc1Br. The summed E-state index contributed by atoms with van der Waals surface area (Å²) in [6.45, 7) is 2.88. The molecule has 0 spiro atoms. The summed E-state index contributed by atoms with van der Waals surface area (Å²) >= 11 is 9.58. The molecule has 0 heterocycles. The van der Waals surface area contributed by atoms with Crippen LogP contribution in [0.2, 0.25) is 5.02 Å². The highest BCUT2D eigenvalue weighted by molar-refractivity contribution is 9.10. The van der Waals surface area contributed by atoms with Crippen LogP contribution in [0, 0.1) is 5.82 Å². The number of rotatable bonds is 9. The summed E-state index contributed by atoms with van der Waals surface area (Å²) in [6.07, 6.45) is 0.838. The molecule has 0 aromatic heterocycles. The number of aliphatic hydroxyl groups is 1. The number of aliphatic hydroxyl groups excluding tert-OH is 1. The molecule has 1 unspecified atom stereocenters. The maximum Gasteiger partial charge on any atom is 0.162 e. The van der Waals surface area contributed by atoms with Crippen molar-refractivity contribution in [3.8, 4) is 11.5 Å². The van der Waals surface area contributed by atoms with Crippen LogP contribution in [0.25, 0.3) is 0 Å². The van der Waals surface area contributed by atoms with Crippen LogP contribution in [0.5, 0.6) is 11.5 Å². The first-order valence-electron chi connectivity index (χ1n) is 8.25. The van der Waals surface area contributed by atoms with E-state index in [2.05, 4.69) is 21.2 Å². The van der Waals surface area contributed by atoms with E-state index in [0.29, 0.717) is 28.6 Å². The highest BCUT2D eigenvalue weighted by Gasteiger charge is 2.13. The molecule has 7 heteroatoms. The third kappa shape index (κ3) is 5.58. The van der Waals surface area contributed by atoms with E-state index in [0.717, 1.165) is 16.5 Å². The lowest BCUT2D eigenvalue weighted by Gasteiger charge is -2.17. The quantitative estimate of drug-likeness (QED) is 0.587. The van der Waals surface area contributed by atoms with E-state index in [1.807, 2.05) is 19.1 Å². The fourth-order valence-corrected chi connectivity index (χ4v) is 3.06. The fraction of sp³-hybridized carbons (Fsp3) is 0.368. The standard InChI is InChI=1S/C19H22BrClFNO3/c1-3-15(10-24)23-9-13-6-18(25-2)19(8-16(13)20)26-11-12-4-5-14(22)7-17(12)21/h4-8,15,23-24H,3,9-11H2,1-2H3. The molecule has 0 aliphatic rings. The molecule has 26 heavy (non-hydrogen) atoms. The van der Waals surface area contributed by atoms with E-state index in [1.54, 1.807) is 13.2 Å². The Labute approximate surface area is 166 Å². The van der Waals surface area contributed by atoms with Gasteiger partial charge in [-0.25, -0.2) is 4.39 Å². The Balaban J connectivity index is 2.12. The Morgan fingerprint density at radius 3 is 2.62 bits per heavy atom. The zero-order valence-electron chi connectivity index (χ0n) is 14.7. The van der Waals surface area contributed by atoms with E-state index < -0.39 is 0 Å². The minimum Gasteiger partial charge on any atom is -0.493 e. The Morgan fingerprint density at radius 2 is 2.00 bits per heavy atom.